The minimum Gasteiger partial charge on any atom is -0.325 e. The van der Waals surface area contributed by atoms with Crippen molar-refractivity contribution in [3.8, 4) is 0 Å². The predicted octanol–water partition coefficient (Wildman–Crippen LogP) is 1.45. The molecule has 0 aliphatic carbocycles. The number of hydrogen-bond donors (Lipinski definition) is 1. The first-order valence-electron chi connectivity index (χ1n) is 6.37. The highest BCUT2D eigenvalue weighted by atomic mass is 32.2. The highest BCUT2D eigenvalue weighted by Gasteiger charge is 2.23. The minimum absolute atomic E-state index is 0.112. The van der Waals surface area contributed by atoms with Gasteiger partial charge in [0, 0.05) is 25.1 Å². The minimum atomic E-state index is -3.75. The lowest BCUT2D eigenvalue weighted by molar-refractivity contribution is -0.113. The average molecular weight is 307 g/mol. The number of hydrogen-bond acceptors (Lipinski definition) is 4. The summed E-state index contributed by atoms with van der Waals surface area (Å²) in [6.07, 6.45) is 2.91. The molecule has 1 heterocycles. The van der Waals surface area contributed by atoms with Crippen molar-refractivity contribution in [2.75, 3.05) is 11.1 Å². The maximum atomic E-state index is 12.1. The van der Waals surface area contributed by atoms with E-state index in [2.05, 4.69) is 10.3 Å². The third kappa shape index (κ3) is 3.49. The highest BCUT2D eigenvalue weighted by molar-refractivity contribution is 7.92. The van der Waals surface area contributed by atoms with Gasteiger partial charge in [-0.2, -0.15) is 0 Å². The maximum absolute atomic E-state index is 12.1. The zero-order valence-corrected chi connectivity index (χ0v) is 12.9. The van der Waals surface area contributed by atoms with Crippen LogP contribution in [-0.4, -0.2) is 29.6 Å². The quantitative estimate of drug-likeness (QED) is 0.927. The number of nitrogens with zero attached hydrogens (tertiary/aromatic N) is 2. The smallest absolute Gasteiger partial charge is 0.240 e. The molecule has 1 aromatic carbocycles. The van der Waals surface area contributed by atoms with Crippen LogP contribution in [0.15, 0.2) is 35.7 Å². The van der Waals surface area contributed by atoms with Gasteiger partial charge in [-0.25, -0.2) is 13.4 Å². The number of anilines is 1. The number of nitrogens with one attached hydrogen (secondary N) is 1. The molecule has 7 heteroatoms. The van der Waals surface area contributed by atoms with Gasteiger partial charge in [0.25, 0.3) is 0 Å². The fourth-order valence-corrected chi connectivity index (χ4v) is 3.21. The summed E-state index contributed by atoms with van der Waals surface area (Å²) in [4.78, 5) is 15.7. The Morgan fingerprint density at radius 1 is 1.33 bits per heavy atom. The third-order valence-corrected chi connectivity index (χ3v) is 4.64. The van der Waals surface area contributed by atoms with Crippen molar-refractivity contribution in [1.29, 1.82) is 0 Å². The Hall–Kier alpha value is -2.15. The zero-order chi connectivity index (χ0) is 15.6. The summed E-state index contributed by atoms with van der Waals surface area (Å²) in [5.74, 6) is -1.21. The molecule has 0 spiro atoms. The molecule has 1 N–H and O–H groups in total. The molecule has 2 rings (SSSR count). The third-order valence-electron chi connectivity index (χ3n) is 3.04. The molecule has 0 saturated heterocycles. The fraction of sp³-hybridized carbons (Fsp3) is 0.286. The van der Waals surface area contributed by atoms with Crippen molar-refractivity contribution in [2.24, 2.45) is 7.05 Å². The molecule has 0 saturated carbocycles. The monoisotopic (exact) mass is 307 g/mol. The van der Waals surface area contributed by atoms with E-state index in [1.54, 1.807) is 13.1 Å². The van der Waals surface area contributed by atoms with Crippen LogP contribution in [0.25, 0.3) is 0 Å². The van der Waals surface area contributed by atoms with Crippen LogP contribution in [0.2, 0.25) is 0 Å². The van der Waals surface area contributed by atoms with Gasteiger partial charge in [0.05, 0.1) is 0 Å². The molecule has 0 atom stereocenters. The number of carbonyl (C=O) groups is 1. The van der Waals surface area contributed by atoms with Crippen molar-refractivity contribution < 1.29 is 13.2 Å². The van der Waals surface area contributed by atoms with Crippen LogP contribution in [0, 0.1) is 13.8 Å². The molecule has 112 valence electrons. The standard InChI is InChI=1S/C14H17N3O3S/c1-10-4-5-11(2)12(8-10)16-13(18)9-21(19,20)14-15-6-7-17(14)3/h4-8H,9H2,1-3H3,(H,16,18). The van der Waals surface area contributed by atoms with Crippen molar-refractivity contribution in [3.05, 3.63) is 41.7 Å². The van der Waals surface area contributed by atoms with Gasteiger partial charge in [-0.1, -0.05) is 12.1 Å². The molecular formula is C14H17N3O3S. The average Bonchev–Trinajstić information content (AvgIpc) is 2.80. The molecule has 0 unspecified atom stereocenters. The lowest BCUT2D eigenvalue weighted by Crippen LogP contribution is -2.25. The van der Waals surface area contributed by atoms with E-state index in [4.69, 9.17) is 0 Å². The summed E-state index contributed by atoms with van der Waals surface area (Å²) in [6, 6.07) is 5.61. The van der Waals surface area contributed by atoms with Crippen LogP contribution in [0.4, 0.5) is 5.69 Å². The zero-order valence-electron chi connectivity index (χ0n) is 12.1. The summed E-state index contributed by atoms with van der Waals surface area (Å²) in [7, 11) is -2.18. The van der Waals surface area contributed by atoms with Crippen LogP contribution in [-0.2, 0) is 21.7 Å². The largest absolute Gasteiger partial charge is 0.325 e. The molecule has 0 bridgehead atoms. The van der Waals surface area contributed by atoms with E-state index in [0.717, 1.165) is 11.1 Å². The van der Waals surface area contributed by atoms with Gasteiger partial charge in [0.2, 0.25) is 20.9 Å². The summed E-state index contributed by atoms with van der Waals surface area (Å²) < 4.78 is 25.6. The number of benzene rings is 1. The van der Waals surface area contributed by atoms with E-state index < -0.39 is 21.5 Å². The van der Waals surface area contributed by atoms with Gasteiger partial charge in [0.1, 0.15) is 5.75 Å². The first-order valence-corrected chi connectivity index (χ1v) is 8.02. The van der Waals surface area contributed by atoms with Crippen molar-refractivity contribution >= 4 is 21.4 Å². The van der Waals surface area contributed by atoms with E-state index in [1.165, 1.54) is 17.0 Å². The predicted molar refractivity (Wildman–Crippen MR) is 79.8 cm³/mol. The number of rotatable bonds is 4. The van der Waals surface area contributed by atoms with Crippen molar-refractivity contribution in [3.63, 3.8) is 0 Å². The van der Waals surface area contributed by atoms with E-state index in [1.807, 2.05) is 26.0 Å². The number of sulfone groups is 1. The van der Waals surface area contributed by atoms with E-state index >= 15 is 0 Å². The Balaban J connectivity index is 2.15. The van der Waals surface area contributed by atoms with Crippen molar-refractivity contribution in [2.45, 2.75) is 19.0 Å². The second kappa shape index (κ2) is 5.69. The maximum Gasteiger partial charge on any atom is 0.240 e. The van der Waals surface area contributed by atoms with Gasteiger partial charge < -0.3 is 9.88 Å². The molecule has 0 aliphatic rings. The number of amides is 1. The number of imidazole rings is 1. The van der Waals surface area contributed by atoms with Gasteiger partial charge in [-0.05, 0) is 31.0 Å². The van der Waals surface area contributed by atoms with Crippen LogP contribution in [0.1, 0.15) is 11.1 Å². The van der Waals surface area contributed by atoms with Crippen LogP contribution in [0.5, 0.6) is 0 Å². The molecule has 0 radical (unpaired) electrons. The summed E-state index contributed by atoms with van der Waals surface area (Å²) in [6.45, 7) is 3.75. The normalized spacial score (nSPS) is 11.4. The summed E-state index contributed by atoms with van der Waals surface area (Å²) in [5.41, 5.74) is 2.49. The highest BCUT2D eigenvalue weighted by Crippen LogP contribution is 2.17. The lowest BCUT2D eigenvalue weighted by atomic mass is 10.1. The molecule has 1 aromatic heterocycles. The molecule has 0 aliphatic heterocycles. The van der Waals surface area contributed by atoms with E-state index in [-0.39, 0.29) is 5.16 Å². The van der Waals surface area contributed by atoms with Gasteiger partial charge in [0.15, 0.2) is 0 Å². The Morgan fingerprint density at radius 3 is 2.67 bits per heavy atom. The van der Waals surface area contributed by atoms with Crippen LogP contribution >= 0.6 is 0 Å². The number of carbonyl (C=O) groups excluding carboxylic acids is 1. The van der Waals surface area contributed by atoms with Gasteiger partial charge in [-0.15, -0.1) is 0 Å². The molecular weight excluding hydrogens is 290 g/mol. The number of aryl methyl sites for hydroxylation is 3. The molecule has 1 amide bonds. The first-order chi connectivity index (χ1) is 9.79. The van der Waals surface area contributed by atoms with E-state index in [0.29, 0.717) is 5.69 Å². The van der Waals surface area contributed by atoms with Gasteiger partial charge >= 0.3 is 0 Å². The van der Waals surface area contributed by atoms with Crippen LogP contribution in [0.3, 0.4) is 0 Å². The molecule has 0 fully saturated rings. The fourth-order valence-electron chi connectivity index (χ4n) is 1.95. The molecule has 2 aromatic rings. The van der Waals surface area contributed by atoms with Gasteiger partial charge in [-0.3, -0.25) is 4.79 Å². The Bertz CT molecular complexity index is 779. The Morgan fingerprint density at radius 2 is 2.05 bits per heavy atom. The summed E-state index contributed by atoms with van der Waals surface area (Å²) >= 11 is 0. The first kappa shape index (κ1) is 15.2. The van der Waals surface area contributed by atoms with Crippen LogP contribution < -0.4 is 5.32 Å². The Kier molecular flexibility index (Phi) is 4.13. The number of aromatic nitrogens is 2. The second-order valence-corrected chi connectivity index (χ2v) is 6.83. The Labute approximate surface area is 123 Å². The topological polar surface area (TPSA) is 81.1 Å². The lowest BCUT2D eigenvalue weighted by Gasteiger charge is -2.09. The second-order valence-electron chi connectivity index (χ2n) is 4.95. The molecule has 6 nitrogen and oxygen atoms in total. The molecule has 21 heavy (non-hydrogen) atoms. The summed E-state index contributed by atoms with van der Waals surface area (Å²) in [5, 5.41) is 2.52. The van der Waals surface area contributed by atoms with Crippen molar-refractivity contribution in [1.82, 2.24) is 9.55 Å². The SMILES string of the molecule is Cc1ccc(C)c(NC(=O)CS(=O)(=O)c2nccn2C)c1. The van der Waals surface area contributed by atoms with E-state index in [9.17, 15) is 13.2 Å².